The van der Waals surface area contributed by atoms with Gasteiger partial charge in [-0.25, -0.2) is 0 Å². The lowest BCUT2D eigenvalue weighted by molar-refractivity contribution is -0.123. The molecule has 0 heterocycles. The normalized spacial score (nSPS) is 15.8. The fraction of sp³-hybridized carbons (Fsp3) is 0.938. The van der Waals surface area contributed by atoms with Gasteiger partial charge < -0.3 is 15.8 Å². The third-order valence-corrected chi connectivity index (χ3v) is 4.03. The third-order valence-electron chi connectivity index (χ3n) is 4.03. The van der Waals surface area contributed by atoms with Gasteiger partial charge in [0.25, 0.3) is 0 Å². The molecule has 120 valence electrons. The summed E-state index contributed by atoms with van der Waals surface area (Å²) in [6.45, 7) is 7.00. The van der Waals surface area contributed by atoms with Crippen LogP contribution in [0.15, 0.2) is 0 Å². The van der Waals surface area contributed by atoms with E-state index >= 15 is 0 Å². The molecule has 3 N–H and O–H groups in total. The molecule has 0 aliphatic carbocycles. The maximum absolute atomic E-state index is 11.3. The van der Waals surface area contributed by atoms with E-state index in [0.717, 1.165) is 32.3 Å². The second-order valence-electron chi connectivity index (χ2n) is 5.93. The maximum Gasteiger partial charge on any atom is 0.237 e. The summed E-state index contributed by atoms with van der Waals surface area (Å²) in [6.07, 6.45) is 9.34. The third kappa shape index (κ3) is 8.54. The molecular weight excluding hydrogens is 252 g/mol. The van der Waals surface area contributed by atoms with E-state index < -0.39 is 5.54 Å². The highest BCUT2D eigenvalue weighted by atomic mass is 16.5. The minimum absolute atomic E-state index is 0.287. The fourth-order valence-corrected chi connectivity index (χ4v) is 2.18. The first-order valence-corrected chi connectivity index (χ1v) is 8.06. The quantitative estimate of drug-likeness (QED) is 0.512. The second kappa shape index (κ2) is 11.1. The predicted octanol–water partition coefficient (Wildman–Crippen LogP) is 3.00. The standard InChI is InChI=1S/C16H34N2O2/c1-5-6-7-8-11-14(2)20-13-10-9-12-16(3,18-4)15(17)19/h14,18H,5-13H2,1-4H3,(H2,17,19). The Morgan fingerprint density at radius 2 is 1.95 bits per heavy atom. The molecule has 0 aromatic carbocycles. The molecule has 20 heavy (non-hydrogen) atoms. The van der Waals surface area contributed by atoms with Crippen LogP contribution < -0.4 is 11.1 Å². The van der Waals surface area contributed by atoms with Crippen molar-refractivity contribution >= 4 is 5.91 Å². The number of hydrogen-bond donors (Lipinski definition) is 2. The van der Waals surface area contributed by atoms with Crippen LogP contribution in [0.1, 0.15) is 72.1 Å². The van der Waals surface area contributed by atoms with Crippen LogP contribution in [0.2, 0.25) is 0 Å². The van der Waals surface area contributed by atoms with E-state index in [4.69, 9.17) is 10.5 Å². The van der Waals surface area contributed by atoms with Gasteiger partial charge in [0.2, 0.25) is 5.91 Å². The number of unbranched alkanes of at least 4 members (excludes halogenated alkanes) is 4. The highest BCUT2D eigenvalue weighted by Gasteiger charge is 2.27. The fourth-order valence-electron chi connectivity index (χ4n) is 2.18. The Labute approximate surface area is 124 Å². The Morgan fingerprint density at radius 1 is 1.25 bits per heavy atom. The van der Waals surface area contributed by atoms with Crippen molar-refractivity contribution in [2.45, 2.75) is 83.8 Å². The summed E-state index contributed by atoms with van der Waals surface area (Å²) >= 11 is 0. The smallest absolute Gasteiger partial charge is 0.237 e. The molecule has 0 aromatic rings. The first kappa shape index (κ1) is 19.4. The van der Waals surface area contributed by atoms with Crippen LogP contribution in [0, 0.1) is 0 Å². The molecule has 0 rings (SSSR count). The predicted molar refractivity (Wildman–Crippen MR) is 84.7 cm³/mol. The second-order valence-corrected chi connectivity index (χ2v) is 5.93. The molecule has 0 bridgehead atoms. The molecule has 0 radical (unpaired) electrons. The average molecular weight is 286 g/mol. The number of primary amides is 1. The zero-order chi connectivity index (χ0) is 15.4. The average Bonchev–Trinajstić information content (AvgIpc) is 2.42. The van der Waals surface area contributed by atoms with E-state index in [-0.39, 0.29) is 5.91 Å². The lowest BCUT2D eigenvalue weighted by atomic mass is 9.94. The van der Waals surface area contributed by atoms with Gasteiger partial charge in [0.05, 0.1) is 11.6 Å². The van der Waals surface area contributed by atoms with Crippen molar-refractivity contribution < 1.29 is 9.53 Å². The Hall–Kier alpha value is -0.610. The number of carbonyl (C=O) groups is 1. The molecule has 4 nitrogen and oxygen atoms in total. The van der Waals surface area contributed by atoms with Crippen molar-refractivity contribution in [2.75, 3.05) is 13.7 Å². The largest absolute Gasteiger partial charge is 0.379 e. The SMILES string of the molecule is CCCCCCC(C)OCCCCC(C)(NC)C(N)=O. The van der Waals surface area contributed by atoms with Gasteiger partial charge in [-0.2, -0.15) is 0 Å². The summed E-state index contributed by atoms with van der Waals surface area (Å²) in [5.41, 5.74) is 4.80. The van der Waals surface area contributed by atoms with Crippen molar-refractivity contribution in [3.05, 3.63) is 0 Å². The van der Waals surface area contributed by atoms with E-state index in [2.05, 4.69) is 19.2 Å². The Morgan fingerprint density at radius 3 is 2.50 bits per heavy atom. The van der Waals surface area contributed by atoms with Crippen LogP contribution in [0.25, 0.3) is 0 Å². The topological polar surface area (TPSA) is 64.3 Å². The van der Waals surface area contributed by atoms with Gasteiger partial charge in [0.1, 0.15) is 0 Å². The summed E-state index contributed by atoms with van der Waals surface area (Å²) in [5.74, 6) is -0.287. The first-order valence-electron chi connectivity index (χ1n) is 8.06. The van der Waals surface area contributed by atoms with Gasteiger partial charge in [-0.1, -0.05) is 32.6 Å². The molecule has 4 heteroatoms. The lowest BCUT2D eigenvalue weighted by Gasteiger charge is -2.25. The minimum atomic E-state index is -0.591. The van der Waals surface area contributed by atoms with Gasteiger partial charge >= 0.3 is 0 Å². The molecule has 0 fully saturated rings. The van der Waals surface area contributed by atoms with Crippen molar-refractivity contribution in [3.63, 3.8) is 0 Å². The number of likely N-dealkylation sites (N-methyl/N-ethyl adjacent to an activating group) is 1. The van der Waals surface area contributed by atoms with Crippen LogP contribution in [0.5, 0.6) is 0 Å². The van der Waals surface area contributed by atoms with Crippen LogP contribution in [-0.4, -0.2) is 31.2 Å². The van der Waals surface area contributed by atoms with Gasteiger partial charge in [-0.15, -0.1) is 0 Å². The number of nitrogens with one attached hydrogen (secondary N) is 1. The number of amides is 1. The molecular formula is C16H34N2O2. The molecule has 0 aliphatic heterocycles. The summed E-state index contributed by atoms with van der Waals surface area (Å²) in [6, 6.07) is 0. The van der Waals surface area contributed by atoms with Crippen LogP contribution in [-0.2, 0) is 9.53 Å². The molecule has 2 atom stereocenters. The van der Waals surface area contributed by atoms with E-state index in [1.165, 1.54) is 25.7 Å². The van der Waals surface area contributed by atoms with Crippen molar-refractivity contribution in [1.29, 1.82) is 0 Å². The molecule has 0 saturated carbocycles. The Bertz CT molecular complexity index is 259. The molecule has 1 amide bonds. The number of carbonyl (C=O) groups excluding carboxylic acids is 1. The number of nitrogens with two attached hydrogens (primary N) is 1. The molecule has 0 saturated heterocycles. The summed E-state index contributed by atoms with van der Waals surface area (Å²) in [5, 5.41) is 3.00. The lowest BCUT2D eigenvalue weighted by Crippen LogP contribution is -2.51. The maximum atomic E-state index is 11.3. The van der Waals surface area contributed by atoms with Gasteiger partial charge in [0, 0.05) is 6.61 Å². The minimum Gasteiger partial charge on any atom is -0.379 e. The number of ether oxygens (including phenoxy) is 1. The zero-order valence-corrected chi connectivity index (χ0v) is 13.8. The highest BCUT2D eigenvalue weighted by molar-refractivity contribution is 5.84. The Balaban J connectivity index is 3.58. The summed E-state index contributed by atoms with van der Waals surface area (Å²) < 4.78 is 5.79. The molecule has 0 aliphatic rings. The van der Waals surface area contributed by atoms with E-state index in [1.807, 2.05) is 6.92 Å². The number of rotatable bonds is 13. The molecule has 2 unspecified atom stereocenters. The van der Waals surface area contributed by atoms with Crippen LogP contribution in [0.4, 0.5) is 0 Å². The van der Waals surface area contributed by atoms with Crippen molar-refractivity contribution in [2.24, 2.45) is 5.73 Å². The van der Waals surface area contributed by atoms with Crippen LogP contribution in [0.3, 0.4) is 0 Å². The van der Waals surface area contributed by atoms with Crippen LogP contribution >= 0.6 is 0 Å². The zero-order valence-electron chi connectivity index (χ0n) is 13.8. The first-order chi connectivity index (χ1) is 9.46. The monoisotopic (exact) mass is 286 g/mol. The molecule has 0 aromatic heterocycles. The molecule has 0 spiro atoms. The van der Waals surface area contributed by atoms with Gasteiger partial charge in [-0.3, -0.25) is 4.79 Å². The van der Waals surface area contributed by atoms with Crippen molar-refractivity contribution in [3.8, 4) is 0 Å². The van der Waals surface area contributed by atoms with Gasteiger partial charge in [-0.05, 0) is 46.6 Å². The van der Waals surface area contributed by atoms with E-state index in [0.29, 0.717) is 6.10 Å². The van der Waals surface area contributed by atoms with E-state index in [1.54, 1.807) is 7.05 Å². The van der Waals surface area contributed by atoms with Gasteiger partial charge in [0.15, 0.2) is 0 Å². The Kier molecular flexibility index (Phi) is 10.8. The van der Waals surface area contributed by atoms with E-state index in [9.17, 15) is 4.79 Å². The van der Waals surface area contributed by atoms with Crippen molar-refractivity contribution in [1.82, 2.24) is 5.32 Å². The summed E-state index contributed by atoms with van der Waals surface area (Å²) in [7, 11) is 1.78. The number of hydrogen-bond acceptors (Lipinski definition) is 3. The summed E-state index contributed by atoms with van der Waals surface area (Å²) in [4.78, 5) is 11.3. The highest BCUT2D eigenvalue weighted by Crippen LogP contribution is 2.14.